The van der Waals surface area contributed by atoms with Crippen LogP contribution in [-0.4, -0.2) is 27.1 Å². The molecule has 0 radical (unpaired) electrons. The number of aromatic amines is 1. The summed E-state index contributed by atoms with van der Waals surface area (Å²) in [6.45, 7) is 0.323. The maximum Gasteiger partial charge on any atom is 0.273 e. The Labute approximate surface area is 153 Å². The minimum atomic E-state index is -0.408. The number of amides is 1. The molecular formula is C20H18FN3O3. The number of hydrogen-bond donors (Lipinski definition) is 1. The lowest BCUT2D eigenvalue weighted by atomic mass is 10.0. The fraction of sp³-hybridized carbons (Fsp3) is 0.250. The van der Waals surface area contributed by atoms with Crippen molar-refractivity contribution in [3.05, 3.63) is 80.6 Å². The number of rotatable bonds is 3. The smallest absolute Gasteiger partial charge is 0.273 e. The summed E-state index contributed by atoms with van der Waals surface area (Å²) in [4.78, 5) is 39.3. The van der Waals surface area contributed by atoms with Crippen molar-refractivity contribution in [1.29, 1.82) is 0 Å². The van der Waals surface area contributed by atoms with Crippen LogP contribution in [-0.2, 0) is 11.3 Å². The Bertz CT molecular complexity index is 1120. The molecule has 1 atom stereocenters. The van der Waals surface area contributed by atoms with Crippen molar-refractivity contribution < 1.29 is 9.18 Å². The van der Waals surface area contributed by atoms with Gasteiger partial charge in [-0.05, 0) is 42.7 Å². The molecule has 138 valence electrons. The number of carbonyl (C=O) groups is 1. The molecule has 1 N–H and O–H groups in total. The molecule has 4 rings (SSSR count). The van der Waals surface area contributed by atoms with Gasteiger partial charge in [-0.2, -0.15) is 0 Å². The molecule has 0 saturated carbocycles. The number of nitrogens with one attached hydrogen (secondary N) is 1. The molecule has 1 aliphatic heterocycles. The average molecular weight is 367 g/mol. The summed E-state index contributed by atoms with van der Waals surface area (Å²) in [6, 6.07) is 12.5. The first kappa shape index (κ1) is 17.2. The van der Waals surface area contributed by atoms with Gasteiger partial charge in [0.2, 0.25) is 5.91 Å². The van der Waals surface area contributed by atoms with Crippen LogP contribution in [0.1, 0.15) is 24.4 Å². The van der Waals surface area contributed by atoms with Gasteiger partial charge in [-0.25, -0.2) is 9.07 Å². The highest BCUT2D eigenvalue weighted by molar-refractivity contribution is 5.81. The average Bonchev–Trinajstić information content (AvgIpc) is 3.16. The molecule has 1 unspecified atom stereocenters. The maximum absolute atomic E-state index is 13.2. The molecule has 1 saturated heterocycles. The molecule has 1 aromatic heterocycles. The number of hydrogen-bond acceptors (Lipinski definition) is 3. The van der Waals surface area contributed by atoms with Gasteiger partial charge in [0.05, 0.1) is 16.8 Å². The van der Waals surface area contributed by atoms with E-state index in [1.165, 1.54) is 12.1 Å². The van der Waals surface area contributed by atoms with E-state index in [0.717, 1.165) is 23.1 Å². The van der Waals surface area contributed by atoms with E-state index >= 15 is 0 Å². The van der Waals surface area contributed by atoms with E-state index < -0.39 is 11.1 Å². The molecule has 1 aliphatic rings. The number of aromatic nitrogens is 2. The summed E-state index contributed by atoms with van der Waals surface area (Å²) in [6.07, 6.45) is 1.61. The topological polar surface area (TPSA) is 75.2 Å². The van der Waals surface area contributed by atoms with Crippen LogP contribution in [0.2, 0.25) is 0 Å². The summed E-state index contributed by atoms with van der Waals surface area (Å²) >= 11 is 0. The molecule has 1 amide bonds. The van der Waals surface area contributed by atoms with Gasteiger partial charge in [-0.3, -0.25) is 19.5 Å². The standard InChI is InChI=1S/C20H18FN3O3/c21-14-9-7-13(8-10-14)17-6-3-11-23(17)18(25)12-24-20(27)16-5-2-1-4-15(16)19(26)22-24/h1-2,4-5,7-10,17H,3,6,11-12H2,(H,22,26). The van der Waals surface area contributed by atoms with Crippen molar-refractivity contribution in [1.82, 2.24) is 14.7 Å². The minimum Gasteiger partial charge on any atom is -0.334 e. The molecule has 7 heteroatoms. The van der Waals surface area contributed by atoms with Crippen molar-refractivity contribution in [2.75, 3.05) is 6.54 Å². The zero-order valence-corrected chi connectivity index (χ0v) is 14.5. The summed E-state index contributed by atoms with van der Waals surface area (Å²) in [5.41, 5.74) is 0.0483. The number of nitrogens with zero attached hydrogens (tertiary/aromatic N) is 2. The summed E-state index contributed by atoms with van der Waals surface area (Å²) in [5.74, 6) is -0.579. The summed E-state index contributed by atoms with van der Waals surface area (Å²) < 4.78 is 14.2. The Balaban J connectivity index is 1.63. The highest BCUT2D eigenvalue weighted by Crippen LogP contribution is 2.32. The Morgan fingerprint density at radius 2 is 1.78 bits per heavy atom. The molecule has 0 bridgehead atoms. The minimum absolute atomic E-state index is 0.152. The van der Waals surface area contributed by atoms with Gasteiger partial charge in [0, 0.05) is 6.54 Å². The Morgan fingerprint density at radius 1 is 1.07 bits per heavy atom. The second-order valence-electron chi connectivity index (χ2n) is 6.67. The van der Waals surface area contributed by atoms with Crippen LogP contribution >= 0.6 is 0 Å². The Hall–Kier alpha value is -3.22. The lowest BCUT2D eigenvalue weighted by molar-refractivity contribution is -0.133. The third-order valence-corrected chi connectivity index (χ3v) is 5.01. The first-order valence-electron chi connectivity index (χ1n) is 8.81. The van der Waals surface area contributed by atoms with E-state index in [1.807, 2.05) is 0 Å². The van der Waals surface area contributed by atoms with Gasteiger partial charge in [-0.15, -0.1) is 0 Å². The highest BCUT2D eigenvalue weighted by atomic mass is 19.1. The predicted octanol–water partition coefficient (Wildman–Crippen LogP) is 2.19. The van der Waals surface area contributed by atoms with Crippen LogP contribution in [0.15, 0.2) is 58.1 Å². The van der Waals surface area contributed by atoms with Crippen LogP contribution < -0.4 is 11.1 Å². The van der Waals surface area contributed by atoms with E-state index in [1.54, 1.807) is 41.3 Å². The third-order valence-electron chi connectivity index (χ3n) is 5.01. The van der Waals surface area contributed by atoms with Crippen molar-refractivity contribution >= 4 is 16.7 Å². The van der Waals surface area contributed by atoms with Crippen molar-refractivity contribution in [2.24, 2.45) is 0 Å². The molecule has 6 nitrogen and oxygen atoms in total. The zero-order valence-electron chi connectivity index (χ0n) is 14.5. The second-order valence-corrected chi connectivity index (χ2v) is 6.67. The van der Waals surface area contributed by atoms with Crippen LogP contribution in [0.3, 0.4) is 0 Å². The number of carbonyl (C=O) groups excluding carboxylic acids is 1. The van der Waals surface area contributed by atoms with Crippen LogP contribution in [0.25, 0.3) is 10.8 Å². The molecule has 0 aliphatic carbocycles. The number of fused-ring (bicyclic) bond motifs is 1. The van der Waals surface area contributed by atoms with E-state index in [9.17, 15) is 18.8 Å². The highest BCUT2D eigenvalue weighted by Gasteiger charge is 2.30. The van der Waals surface area contributed by atoms with E-state index in [2.05, 4.69) is 5.10 Å². The molecular weight excluding hydrogens is 349 g/mol. The molecule has 0 spiro atoms. The first-order chi connectivity index (χ1) is 13.0. The van der Waals surface area contributed by atoms with Crippen LogP contribution in [0.4, 0.5) is 4.39 Å². The van der Waals surface area contributed by atoms with Crippen molar-refractivity contribution in [3.8, 4) is 0 Å². The van der Waals surface area contributed by atoms with Gasteiger partial charge in [0.15, 0.2) is 0 Å². The molecule has 1 fully saturated rings. The van der Waals surface area contributed by atoms with Crippen molar-refractivity contribution in [3.63, 3.8) is 0 Å². The van der Waals surface area contributed by atoms with Crippen LogP contribution in [0.5, 0.6) is 0 Å². The van der Waals surface area contributed by atoms with Gasteiger partial charge in [-0.1, -0.05) is 24.3 Å². The fourth-order valence-electron chi connectivity index (χ4n) is 3.68. The quantitative estimate of drug-likeness (QED) is 0.771. The van der Waals surface area contributed by atoms with Crippen molar-refractivity contribution in [2.45, 2.75) is 25.4 Å². The number of benzene rings is 2. The summed E-state index contributed by atoms with van der Waals surface area (Å²) in [7, 11) is 0. The first-order valence-corrected chi connectivity index (χ1v) is 8.81. The second kappa shape index (κ2) is 6.83. The molecule has 3 aromatic rings. The number of likely N-dealkylation sites (tertiary alicyclic amines) is 1. The normalized spacial score (nSPS) is 16.8. The summed E-state index contributed by atoms with van der Waals surface area (Å²) in [5, 5.41) is 3.07. The van der Waals surface area contributed by atoms with Gasteiger partial charge < -0.3 is 4.90 Å². The Kier molecular flexibility index (Phi) is 4.35. The van der Waals surface area contributed by atoms with Gasteiger partial charge in [0.1, 0.15) is 12.4 Å². The monoisotopic (exact) mass is 367 g/mol. The van der Waals surface area contributed by atoms with Crippen LogP contribution in [0, 0.1) is 5.82 Å². The van der Waals surface area contributed by atoms with Gasteiger partial charge >= 0.3 is 0 Å². The molecule has 27 heavy (non-hydrogen) atoms. The Morgan fingerprint density at radius 3 is 2.52 bits per heavy atom. The van der Waals surface area contributed by atoms with E-state index in [4.69, 9.17) is 0 Å². The SMILES string of the molecule is O=C(Cn1[nH]c(=O)c2ccccc2c1=O)N1CCCC1c1ccc(F)cc1. The third kappa shape index (κ3) is 3.16. The number of H-pyrrole nitrogens is 1. The lowest BCUT2D eigenvalue weighted by Crippen LogP contribution is -2.39. The maximum atomic E-state index is 13.2. The fourth-order valence-corrected chi connectivity index (χ4v) is 3.68. The molecule has 2 aromatic carbocycles. The van der Waals surface area contributed by atoms with E-state index in [-0.39, 0.29) is 29.7 Å². The largest absolute Gasteiger partial charge is 0.334 e. The zero-order chi connectivity index (χ0) is 19.0. The van der Waals surface area contributed by atoms with Gasteiger partial charge in [0.25, 0.3) is 11.1 Å². The van der Waals surface area contributed by atoms with E-state index in [0.29, 0.717) is 11.9 Å². The molecule has 2 heterocycles. The predicted molar refractivity (Wildman–Crippen MR) is 98.9 cm³/mol. The lowest BCUT2D eigenvalue weighted by Gasteiger charge is -2.25. The number of halogens is 1.